The van der Waals surface area contributed by atoms with Crippen molar-refractivity contribution < 1.29 is 0 Å². The first-order valence-electron chi connectivity index (χ1n) is 10.3. The number of aromatic nitrogens is 4. The summed E-state index contributed by atoms with van der Waals surface area (Å²) in [5, 5.41) is 2.22. The first kappa shape index (κ1) is 18.9. The van der Waals surface area contributed by atoms with Gasteiger partial charge in [0, 0.05) is 43.0 Å². The SMILES string of the molecule is Brc1cccc2[nH]c3cccc(-c4nc(-c5ccccc5)nc(-c5ccccc5)n4)c3c12. The van der Waals surface area contributed by atoms with Crippen LogP contribution in [0.3, 0.4) is 0 Å². The van der Waals surface area contributed by atoms with Crippen LogP contribution in [0.1, 0.15) is 0 Å². The second-order valence-corrected chi connectivity index (χ2v) is 8.41. The molecule has 0 saturated carbocycles. The second kappa shape index (κ2) is 7.70. The zero-order valence-electron chi connectivity index (χ0n) is 17.0. The molecule has 5 heteroatoms. The van der Waals surface area contributed by atoms with Crippen molar-refractivity contribution >= 4 is 37.7 Å². The lowest BCUT2D eigenvalue weighted by molar-refractivity contribution is 1.08. The van der Waals surface area contributed by atoms with Crippen LogP contribution < -0.4 is 0 Å². The molecule has 0 fully saturated rings. The fourth-order valence-electron chi connectivity index (χ4n) is 4.07. The maximum atomic E-state index is 4.91. The third-order valence-electron chi connectivity index (χ3n) is 5.54. The molecule has 2 aromatic heterocycles. The molecule has 0 aliphatic heterocycles. The number of aromatic amines is 1. The molecule has 4 nitrogen and oxygen atoms in total. The lowest BCUT2D eigenvalue weighted by Gasteiger charge is -2.09. The van der Waals surface area contributed by atoms with Crippen molar-refractivity contribution in [3.05, 3.63) is 102 Å². The average molecular weight is 477 g/mol. The maximum absolute atomic E-state index is 4.91. The minimum atomic E-state index is 0.653. The number of fused-ring (bicyclic) bond motifs is 3. The van der Waals surface area contributed by atoms with Crippen LogP contribution in [0.2, 0.25) is 0 Å². The monoisotopic (exact) mass is 476 g/mol. The van der Waals surface area contributed by atoms with E-state index in [0.29, 0.717) is 17.5 Å². The molecule has 32 heavy (non-hydrogen) atoms. The Balaban J connectivity index is 1.67. The minimum Gasteiger partial charge on any atom is -0.354 e. The highest BCUT2D eigenvalue weighted by Gasteiger charge is 2.17. The Labute approximate surface area is 193 Å². The summed E-state index contributed by atoms with van der Waals surface area (Å²) in [7, 11) is 0. The average Bonchev–Trinajstić information content (AvgIpc) is 3.25. The van der Waals surface area contributed by atoms with Crippen molar-refractivity contribution in [2.75, 3.05) is 0 Å². The van der Waals surface area contributed by atoms with E-state index in [9.17, 15) is 0 Å². The Hall–Kier alpha value is -3.83. The molecule has 6 aromatic rings. The summed E-state index contributed by atoms with van der Waals surface area (Å²) in [6, 6.07) is 32.5. The third-order valence-corrected chi connectivity index (χ3v) is 6.20. The second-order valence-electron chi connectivity index (χ2n) is 7.55. The zero-order chi connectivity index (χ0) is 21.5. The van der Waals surface area contributed by atoms with E-state index in [1.54, 1.807) is 0 Å². The van der Waals surface area contributed by atoms with Gasteiger partial charge in [0.25, 0.3) is 0 Å². The van der Waals surface area contributed by atoms with Gasteiger partial charge in [0.2, 0.25) is 0 Å². The van der Waals surface area contributed by atoms with Crippen LogP contribution in [0.15, 0.2) is 102 Å². The summed E-state index contributed by atoms with van der Waals surface area (Å²) >= 11 is 3.73. The zero-order valence-corrected chi connectivity index (χ0v) is 18.5. The van der Waals surface area contributed by atoms with Crippen LogP contribution >= 0.6 is 15.9 Å². The van der Waals surface area contributed by atoms with Crippen LogP contribution in [0.5, 0.6) is 0 Å². The molecule has 0 aliphatic carbocycles. The van der Waals surface area contributed by atoms with Gasteiger partial charge in [-0.25, -0.2) is 15.0 Å². The van der Waals surface area contributed by atoms with Crippen LogP contribution in [-0.4, -0.2) is 19.9 Å². The number of H-pyrrole nitrogens is 1. The molecule has 0 bridgehead atoms. The molecule has 6 rings (SSSR count). The summed E-state index contributed by atoms with van der Waals surface area (Å²) in [4.78, 5) is 18.2. The van der Waals surface area contributed by atoms with Gasteiger partial charge in [0.1, 0.15) is 0 Å². The largest absolute Gasteiger partial charge is 0.354 e. The minimum absolute atomic E-state index is 0.653. The normalized spacial score (nSPS) is 11.3. The summed E-state index contributed by atoms with van der Waals surface area (Å²) in [5.74, 6) is 1.97. The first-order chi connectivity index (χ1) is 15.8. The molecule has 0 unspecified atom stereocenters. The highest BCUT2D eigenvalue weighted by Crippen LogP contribution is 2.37. The Morgan fingerprint density at radius 2 is 1.03 bits per heavy atom. The Morgan fingerprint density at radius 1 is 0.500 bits per heavy atom. The van der Waals surface area contributed by atoms with Gasteiger partial charge in [-0.05, 0) is 18.2 Å². The predicted octanol–water partition coefficient (Wildman–Crippen LogP) is 7.27. The number of hydrogen-bond donors (Lipinski definition) is 1. The number of benzene rings is 4. The summed E-state index contributed by atoms with van der Waals surface area (Å²) < 4.78 is 1.04. The molecule has 0 amide bonds. The Morgan fingerprint density at radius 3 is 1.66 bits per heavy atom. The molecule has 0 radical (unpaired) electrons. The van der Waals surface area contributed by atoms with Gasteiger partial charge in [-0.2, -0.15) is 0 Å². The Kier molecular flexibility index (Phi) is 4.55. The lowest BCUT2D eigenvalue weighted by atomic mass is 10.1. The van der Waals surface area contributed by atoms with Crippen molar-refractivity contribution in [1.82, 2.24) is 19.9 Å². The fourth-order valence-corrected chi connectivity index (χ4v) is 4.63. The number of rotatable bonds is 3. The molecule has 0 saturated heterocycles. The van der Waals surface area contributed by atoms with Crippen molar-refractivity contribution in [1.29, 1.82) is 0 Å². The first-order valence-corrected chi connectivity index (χ1v) is 11.1. The summed E-state index contributed by atoms with van der Waals surface area (Å²) in [6.07, 6.45) is 0. The molecule has 2 heterocycles. The molecular weight excluding hydrogens is 460 g/mol. The number of halogens is 1. The van der Waals surface area contributed by atoms with E-state index in [1.807, 2.05) is 72.8 Å². The van der Waals surface area contributed by atoms with Crippen molar-refractivity contribution in [3.8, 4) is 34.2 Å². The molecule has 1 N–H and O–H groups in total. The molecule has 0 atom stereocenters. The van der Waals surface area contributed by atoms with Crippen LogP contribution in [0, 0.1) is 0 Å². The standard InChI is InChI=1S/C27H17BrN4/c28-20-14-8-16-22-24(20)23-19(13-7-15-21(23)29-22)27-31-25(17-9-3-1-4-10-17)30-26(32-27)18-11-5-2-6-12-18/h1-16,29H. The number of nitrogens with zero attached hydrogens (tertiary/aromatic N) is 3. The quantitative estimate of drug-likeness (QED) is 0.292. The maximum Gasteiger partial charge on any atom is 0.164 e. The Bertz CT molecular complexity index is 1520. The number of nitrogens with one attached hydrogen (secondary N) is 1. The number of hydrogen-bond acceptors (Lipinski definition) is 3. The predicted molar refractivity (Wildman–Crippen MR) is 133 cm³/mol. The van der Waals surface area contributed by atoms with Crippen molar-refractivity contribution in [2.24, 2.45) is 0 Å². The van der Waals surface area contributed by atoms with E-state index in [1.165, 1.54) is 0 Å². The van der Waals surface area contributed by atoms with Gasteiger partial charge in [-0.1, -0.05) is 94.8 Å². The summed E-state index contributed by atoms with van der Waals surface area (Å²) in [5.41, 5.74) is 5.01. The van der Waals surface area contributed by atoms with E-state index in [-0.39, 0.29) is 0 Å². The van der Waals surface area contributed by atoms with Gasteiger partial charge < -0.3 is 4.98 Å². The van der Waals surface area contributed by atoms with E-state index in [0.717, 1.165) is 43.0 Å². The van der Waals surface area contributed by atoms with E-state index >= 15 is 0 Å². The fraction of sp³-hybridized carbons (Fsp3) is 0. The van der Waals surface area contributed by atoms with Gasteiger partial charge in [0.15, 0.2) is 17.5 Å². The van der Waals surface area contributed by atoms with Gasteiger partial charge in [-0.15, -0.1) is 0 Å². The van der Waals surface area contributed by atoms with Crippen LogP contribution in [-0.2, 0) is 0 Å². The molecule has 0 aliphatic rings. The van der Waals surface area contributed by atoms with E-state index in [4.69, 9.17) is 15.0 Å². The van der Waals surface area contributed by atoms with E-state index in [2.05, 4.69) is 45.2 Å². The highest BCUT2D eigenvalue weighted by atomic mass is 79.9. The van der Waals surface area contributed by atoms with Crippen LogP contribution in [0.25, 0.3) is 56.0 Å². The molecule has 152 valence electrons. The van der Waals surface area contributed by atoms with Gasteiger partial charge in [-0.3, -0.25) is 0 Å². The highest BCUT2D eigenvalue weighted by molar-refractivity contribution is 9.10. The molecule has 0 spiro atoms. The smallest absolute Gasteiger partial charge is 0.164 e. The van der Waals surface area contributed by atoms with Gasteiger partial charge >= 0.3 is 0 Å². The van der Waals surface area contributed by atoms with Gasteiger partial charge in [0.05, 0.1) is 0 Å². The summed E-state index contributed by atoms with van der Waals surface area (Å²) in [6.45, 7) is 0. The van der Waals surface area contributed by atoms with Crippen LogP contribution in [0.4, 0.5) is 0 Å². The molecule has 4 aromatic carbocycles. The third kappa shape index (κ3) is 3.18. The van der Waals surface area contributed by atoms with Crippen molar-refractivity contribution in [2.45, 2.75) is 0 Å². The lowest BCUT2D eigenvalue weighted by Crippen LogP contribution is -2.00. The van der Waals surface area contributed by atoms with E-state index < -0.39 is 0 Å². The van der Waals surface area contributed by atoms with Crippen molar-refractivity contribution in [3.63, 3.8) is 0 Å². The topological polar surface area (TPSA) is 54.5 Å². The molecular formula is C27H17BrN4.